The maximum absolute atomic E-state index is 13.0. The summed E-state index contributed by atoms with van der Waals surface area (Å²) in [5.74, 6) is 0.163. The van der Waals surface area contributed by atoms with Crippen molar-refractivity contribution in [2.24, 2.45) is 0 Å². The first kappa shape index (κ1) is 20.2. The zero-order valence-electron chi connectivity index (χ0n) is 17.0. The molecule has 30 heavy (non-hydrogen) atoms. The van der Waals surface area contributed by atoms with Crippen molar-refractivity contribution >= 4 is 17.8 Å². The number of hydrogen-bond donors (Lipinski definition) is 1. The minimum atomic E-state index is -0.746. The maximum Gasteiger partial charge on any atom is 0.290 e. The van der Waals surface area contributed by atoms with Gasteiger partial charge < -0.3 is 23.7 Å². The van der Waals surface area contributed by atoms with E-state index < -0.39 is 23.5 Å². The Bertz CT molecular complexity index is 964. The number of aliphatic hydroxyl groups excluding tert-OH is 1. The second kappa shape index (κ2) is 8.75. The lowest BCUT2D eigenvalue weighted by molar-refractivity contribution is -0.129. The van der Waals surface area contributed by atoms with Gasteiger partial charge in [0.25, 0.3) is 5.91 Å². The number of ketones is 1. The molecule has 1 N–H and O–H groups in total. The number of furan rings is 2. The molecule has 4 rings (SSSR count). The molecule has 1 amide bonds. The molecule has 0 radical (unpaired) electrons. The topological polar surface area (TPSA) is 87.1 Å². The van der Waals surface area contributed by atoms with Crippen LogP contribution in [0, 0.1) is 6.92 Å². The van der Waals surface area contributed by atoms with E-state index in [9.17, 15) is 14.7 Å². The summed E-state index contributed by atoms with van der Waals surface area (Å²) in [6.07, 6.45) is 7.88. The molecule has 2 aliphatic rings. The third kappa shape index (κ3) is 4.11. The quantitative estimate of drug-likeness (QED) is 0.701. The van der Waals surface area contributed by atoms with Crippen molar-refractivity contribution in [2.45, 2.75) is 32.2 Å². The molecule has 1 saturated heterocycles. The van der Waals surface area contributed by atoms with Crippen LogP contribution in [0.25, 0.3) is 6.08 Å². The smallest absolute Gasteiger partial charge is 0.290 e. The maximum atomic E-state index is 13.0. The first-order valence-electron chi connectivity index (χ1n) is 10.3. The van der Waals surface area contributed by atoms with Crippen LogP contribution >= 0.6 is 0 Å². The number of piperidine rings is 1. The highest BCUT2D eigenvalue weighted by Gasteiger charge is 2.44. The van der Waals surface area contributed by atoms with E-state index in [4.69, 9.17) is 8.83 Å². The van der Waals surface area contributed by atoms with Crippen molar-refractivity contribution in [3.63, 3.8) is 0 Å². The van der Waals surface area contributed by atoms with Crippen molar-refractivity contribution < 1.29 is 23.5 Å². The SMILES string of the molecule is Cc1ccc(C2C(C(=O)/C=C/c3ccco3)=C(O)C(=O)N2CCN2CCCCC2)o1. The lowest BCUT2D eigenvalue weighted by Crippen LogP contribution is -2.40. The van der Waals surface area contributed by atoms with Crippen molar-refractivity contribution in [1.82, 2.24) is 9.80 Å². The van der Waals surface area contributed by atoms with E-state index in [2.05, 4.69) is 4.90 Å². The van der Waals surface area contributed by atoms with Gasteiger partial charge in [0.15, 0.2) is 11.5 Å². The summed E-state index contributed by atoms with van der Waals surface area (Å²) in [5.41, 5.74) is 0.0378. The van der Waals surface area contributed by atoms with Crippen LogP contribution in [0.3, 0.4) is 0 Å². The molecule has 2 aromatic heterocycles. The lowest BCUT2D eigenvalue weighted by Gasteiger charge is -2.30. The van der Waals surface area contributed by atoms with Crippen LogP contribution in [-0.2, 0) is 9.59 Å². The van der Waals surface area contributed by atoms with E-state index in [-0.39, 0.29) is 5.57 Å². The van der Waals surface area contributed by atoms with Gasteiger partial charge in [-0.05, 0) is 69.3 Å². The minimum absolute atomic E-state index is 0.0378. The molecule has 2 aliphatic heterocycles. The number of allylic oxidation sites excluding steroid dienone is 1. The van der Waals surface area contributed by atoms with Crippen molar-refractivity contribution in [2.75, 3.05) is 26.2 Å². The highest BCUT2D eigenvalue weighted by atomic mass is 16.3. The first-order valence-corrected chi connectivity index (χ1v) is 10.3. The van der Waals surface area contributed by atoms with Gasteiger partial charge in [-0.3, -0.25) is 9.59 Å². The Hall–Kier alpha value is -3.06. The van der Waals surface area contributed by atoms with Crippen LogP contribution in [0.4, 0.5) is 0 Å². The van der Waals surface area contributed by atoms with Crippen LogP contribution in [0.15, 0.2) is 56.8 Å². The average Bonchev–Trinajstić information content (AvgIpc) is 3.47. The van der Waals surface area contributed by atoms with Gasteiger partial charge in [0.2, 0.25) is 0 Å². The largest absolute Gasteiger partial charge is 0.503 e. The number of aliphatic hydroxyl groups is 1. The summed E-state index contributed by atoms with van der Waals surface area (Å²) in [4.78, 5) is 29.7. The predicted octanol–water partition coefficient (Wildman–Crippen LogP) is 3.64. The molecular weight excluding hydrogens is 384 g/mol. The number of hydrogen-bond acceptors (Lipinski definition) is 6. The molecular formula is C23H26N2O5. The first-order chi connectivity index (χ1) is 14.5. The minimum Gasteiger partial charge on any atom is -0.503 e. The van der Waals surface area contributed by atoms with Gasteiger partial charge in [-0.2, -0.15) is 0 Å². The van der Waals surface area contributed by atoms with Gasteiger partial charge in [0, 0.05) is 13.1 Å². The molecule has 4 heterocycles. The van der Waals surface area contributed by atoms with E-state index in [1.807, 2.05) is 0 Å². The second-order valence-corrected chi connectivity index (χ2v) is 7.73. The molecule has 0 spiro atoms. The molecule has 0 saturated carbocycles. The number of carbonyl (C=O) groups is 2. The molecule has 1 unspecified atom stereocenters. The van der Waals surface area contributed by atoms with Gasteiger partial charge in [0.1, 0.15) is 23.3 Å². The van der Waals surface area contributed by atoms with E-state index in [1.54, 1.807) is 31.2 Å². The molecule has 7 heteroatoms. The summed E-state index contributed by atoms with van der Waals surface area (Å²) in [6.45, 7) is 4.92. The number of rotatable bonds is 7. The monoisotopic (exact) mass is 410 g/mol. The van der Waals surface area contributed by atoms with Gasteiger partial charge in [-0.25, -0.2) is 0 Å². The predicted molar refractivity (Wildman–Crippen MR) is 111 cm³/mol. The van der Waals surface area contributed by atoms with Crippen LogP contribution in [0.1, 0.15) is 42.6 Å². The summed E-state index contributed by atoms with van der Waals surface area (Å²) < 4.78 is 11.0. The van der Waals surface area contributed by atoms with Gasteiger partial charge in [0.05, 0.1) is 11.8 Å². The molecule has 0 aromatic carbocycles. The fourth-order valence-electron chi connectivity index (χ4n) is 4.10. The van der Waals surface area contributed by atoms with E-state index in [0.717, 1.165) is 25.9 Å². The van der Waals surface area contributed by atoms with Crippen LogP contribution in [0.2, 0.25) is 0 Å². The molecule has 0 aliphatic carbocycles. The Kier molecular flexibility index (Phi) is 5.90. The zero-order chi connectivity index (χ0) is 21.1. The van der Waals surface area contributed by atoms with Crippen LogP contribution < -0.4 is 0 Å². The Balaban J connectivity index is 1.59. The molecule has 1 fully saturated rings. The Morgan fingerprint density at radius 1 is 1.20 bits per heavy atom. The summed E-state index contributed by atoms with van der Waals surface area (Å²) in [5, 5.41) is 10.6. The van der Waals surface area contributed by atoms with Gasteiger partial charge in [-0.1, -0.05) is 6.42 Å². The number of amides is 1. The van der Waals surface area contributed by atoms with E-state index in [1.165, 1.54) is 29.7 Å². The van der Waals surface area contributed by atoms with E-state index in [0.29, 0.717) is 30.4 Å². The Labute approximate surface area is 175 Å². The lowest BCUT2D eigenvalue weighted by atomic mass is 10.0. The van der Waals surface area contributed by atoms with Crippen molar-refractivity contribution in [3.05, 3.63) is 65.2 Å². The summed E-state index contributed by atoms with van der Waals surface area (Å²) in [7, 11) is 0. The molecule has 7 nitrogen and oxygen atoms in total. The number of likely N-dealkylation sites (tertiary alicyclic amines) is 1. The second-order valence-electron chi connectivity index (χ2n) is 7.73. The summed E-state index contributed by atoms with van der Waals surface area (Å²) in [6, 6.07) is 6.24. The molecule has 0 bridgehead atoms. The van der Waals surface area contributed by atoms with Crippen LogP contribution in [-0.4, -0.2) is 52.8 Å². The number of carbonyl (C=O) groups excluding carboxylic acids is 2. The van der Waals surface area contributed by atoms with Crippen molar-refractivity contribution in [1.29, 1.82) is 0 Å². The van der Waals surface area contributed by atoms with Gasteiger partial charge in [-0.15, -0.1) is 0 Å². The zero-order valence-corrected chi connectivity index (χ0v) is 17.0. The fraction of sp³-hybridized carbons (Fsp3) is 0.391. The molecule has 1 atom stereocenters. The average molecular weight is 410 g/mol. The summed E-state index contributed by atoms with van der Waals surface area (Å²) >= 11 is 0. The Morgan fingerprint density at radius 2 is 2.00 bits per heavy atom. The van der Waals surface area contributed by atoms with Crippen LogP contribution in [0.5, 0.6) is 0 Å². The highest BCUT2D eigenvalue weighted by Crippen LogP contribution is 2.38. The molecule has 158 valence electrons. The fourth-order valence-corrected chi connectivity index (χ4v) is 4.10. The third-order valence-corrected chi connectivity index (χ3v) is 5.65. The van der Waals surface area contributed by atoms with Crippen molar-refractivity contribution in [3.8, 4) is 0 Å². The standard InChI is InChI=1S/C23H26N2O5/c1-16-7-10-19(30-16)21-20(18(26)9-8-17-6-5-15-29-17)22(27)23(28)25(21)14-13-24-11-3-2-4-12-24/h5-10,15,21,27H,2-4,11-14H2,1H3/b9-8+. The number of aryl methyl sites for hydroxylation is 1. The Morgan fingerprint density at radius 3 is 2.67 bits per heavy atom. The third-order valence-electron chi connectivity index (χ3n) is 5.65. The normalized spacial score (nSPS) is 20.6. The number of nitrogens with zero attached hydrogens (tertiary/aromatic N) is 2. The van der Waals surface area contributed by atoms with E-state index >= 15 is 0 Å². The highest BCUT2D eigenvalue weighted by molar-refractivity contribution is 6.14. The molecule has 2 aromatic rings. The van der Waals surface area contributed by atoms with Gasteiger partial charge >= 0.3 is 0 Å².